The van der Waals surface area contributed by atoms with Crippen LogP contribution in [0.25, 0.3) is 22.3 Å². The molecule has 8 heteroatoms. The number of carbonyl (C=O) groups is 1. The number of likely N-dealkylation sites (N-methyl/N-ethyl adjacent to an activating group) is 1. The third-order valence-corrected chi connectivity index (χ3v) is 6.13. The minimum Gasteiger partial charge on any atom is -0.347 e. The van der Waals surface area contributed by atoms with Crippen LogP contribution in [0.4, 0.5) is 11.6 Å². The fourth-order valence-electron chi connectivity index (χ4n) is 4.11. The molecular weight excluding hydrogens is 426 g/mol. The van der Waals surface area contributed by atoms with Gasteiger partial charge in [0.1, 0.15) is 17.7 Å². The van der Waals surface area contributed by atoms with E-state index in [1.54, 1.807) is 43.7 Å². The molecular formula is C26H25N7O. The lowest BCUT2D eigenvalue weighted by Crippen LogP contribution is -2.29. The summed E-state index contributed by atoms with van der Waals surface area (Å²) < 4.78 is 1.90. The van der Waals surface area contributed by atoms with E-state index in [4.69, 9.17) is 4.98 Å². The zero-order valence-corrected chi connectivity index (χ0v) is 19.4. The SMILES string of the molecule is CC(C(=O)N(C)C)n1cnc2cc(-c3cc(C4CC4)cc(Nc4cc(C#N)ccn4)n3)ccc21. The molecule has 1 aliphatic rings. The predicted molar refractivity (Wildman–Crippen MR) is 131 cm³/mol. The molecule has 3 heterocycles. The molecule has 1 aliphatic carbocycles. The van der Waals surface area contributed by atoms with Gasteiger partial charge in [-0.05, 0) is 67.6 Å². The Morgan fingerprint density at radius 2 is 1.97 bits per heavy atom. The van der Waals surface area contributed by atoms with Gasteiger partial charge in [0, 0.05) is 25.9 Å². The van der Waals surface area contributed by atoms with Crippen LogP contribution in [0, 0.1) is 11.3 Å². The van der Waals surface area contributed by atoms with Gasteiger partial charge in [-0.1, -0.05) is 6.07 Å². The number of fused-ring (bicyclic) bond motifs is 1. The Morgan fingerprint density at radius 1 is 1.15 bits per heavy atom. The van der Waals surface area contributed by atoms with Gasteiger partial charge in [0.25, 0.3) is 0 Å². The molecule has 34 heavy (non-hydrogen) atoms. The zero-order chi connectivity index (χ0) is 23.8. The van der Waals surface area contributed by atoms with E-state index in [0.29, 0.717) is 23.1 Å². The van der Waals surface area contributed by atoms with E-state index in [9.17, 15) is 10.1 Å². The Bertz CT molecular complexity index is 1430. The van der Waals surface area contributed by atoms with Crippen LogP contribution in [-0.2, 0) is 4.79 Å². The summed E-state index contributed by atoms with van der Waals surface area (Å²) in [6.07, 6.45) is 5.67. The maximum atomic E-state index is 12.4. The van der Waals surface area contributed by atoms with Crippen molar-refractivity contribution >= 4 is 28.6 Å². The van der Waals surface area contributed by atoms with Crippen molar-refractivity contribution in [2.45, 2.75) is 31.7 Å². The molecule has 8 nitrogen and oxygen atoms in total. The molecule has 1 N–H and O–H groups in total. The smallest absolute Gasteiger partial charge is 0.244 e. The maximum absolute atomic E-state index is 12.4. The van der Waals surface area contributed by atoms with E-state index in [2.05, 4.69) is 33.5 Å². The van der Waals surface area contributed by atoms with Crippen molar-refractivity contribution in [1.29, 1.82) is 5.26 Å². The molecule has 3 aromatic heterocycles. The Balaban J connectivity index is 1.51. The molecule has 170 valence electrons. The van der Waals surface area contributed by atoms with Gasteiger partial charge in [-0.25, -0.2) is 15.0 Å². The van der Waals surface area contributed by atoms with Crippen LogP contribution >= 0.6 is 0 Å². The van der Waals surface area contributed by atoms with E-state index in [1.807, 2.05) is 29.7 Å². The molecule has 0 aliphatic heterocycles. The summed E-state index contributed by atoms with van der Waals surface area (Å²) >= 11 is 0. The van der Waals surface area contributed by atoms with Gasteiger partial charge >= 0.3 is 0 Å². The fourth-order valence-corrected chi connectivity index (χ4v) is 4.11. The summed E-state index contributed by atoms with van der Waals surface area (Å²) in [5.74, 6) is 1.84. The largest absolute Gasteiger partial charge is 0.347 e. The molecule has 1 saturated carbocycles. The molecule has 0 radical (unpaired) electrons. The quantitative estimate of drug-likeness (QED) is 0.459. The average Bonchev–Trinajstić information content (AvgIpc) is 3.62. The van der Waals surface area contributed by atoms with E-state index >= 15 is 0 Å². The highest BCUT2D eigenvalue weighted by Crippen LogP contribution is 2.42. The van der Waals surface area contributed by atoms with Gasteiger partial charge in [0.05, 0.1) is 34.7 Å². The van der Waals surface area contributed by atoms with Crippen LogP contribution < -0.4 is 5.32 Å². The molecule has 5 rings (SSSR count). The van der Waals surface area contributed by atoms with Crippen molar-refractivity contribution in [3.05, 3.63) is 66.1 Å². The lowest BCUT2D eigenvalue weighted by atomic mass is 10.1. The van der Waals surface area contributed by atoms with Crippen molar-refractivity contribution in [2.75, 3.05) is 19.4 Å². The topological polar surface area (TPSA) is 99.7 Å². The van der Waals surface area contributed by atoms with Crippen molar-refractivity contribution < 1.29 is 4.79 Å². The summed E-state index contributed by atoms with van der Waals surface area (Å²) in [6.45, 7) is 1.88. The first kappa shape index (κ1) is 21.6. The molecule has 1 atom stereocenters. The second-order valence-electron chi connectivity index (χ2n) is 8.88. The first-order chi connectivity index (χ1) is 16.4. The number of nitrogens with one attached hydrogen (secondary N) is 1. The van der Waals surface area contributed by atoms with E-state index < -0.39 is 0 Å². The van der Waals surface area contributed by atoms with Crippen LogP contribution in [0.2, 0.25) is 0 Å². The average molecular weight is 452 g/mol. The Kier molecular flexibility index (Phi) is 5.46. The third-order valence-electron chi connectivity index (χ3n) is 6.13. The van der Waals surface area contributed by atoms with Gasteiger partial charge in [-0.15, -0.1) is 0 Å². The number of nitriles is 1. The summed E-state index contributed by atoms with van der Waals surface area (Å²) in [6, 6.07) is 15.4. The number of rotatable bonds is 6. The molecule has 0 saturated heterocycles. The third kappa shape index (κ3) is 4.20. The fraction of sp³-hybridized carbons (Fsp3) is 0.269. The first-order valence-electron chi connectivity index (χ1n) is 11.3. The van der Waals surface area contributed by atoms with Crippen molar-refractivity contribution in [3.63, 3.8) is 0 Å². The lowest BCUT2D eigenvalue weighted by Gasteiger charge is -2.18. The second kappa shape index (κ2) is 8.60. The van der Waals surface area contributed by atoms with Gasteiger partial charge in [-0.2, -0.15) is 5.26 Å². The van der Waals surface area contributed by atoms with E-state index in [-0.39, 0.29) is 11.9 Å². The number of anilines is 2. The highest BCUT2D eigenvalue weighted by molar-refractivity contribution is 5.85. The number of hydrogen-bond donors (Lipinski definition) is 1. The number of aromatic nitrogens is 4. The normalized spacial score (nSPS) is 13.9. The standard InChI is InChI=1S/C26H25N7O/c1-16(26(34)32(2)3)33-15-29-22-11-19(6-7-23(22)33)21-12-20(18-4-5-18)13-25(30-21)31-24-10-17(14-27)8-9-28-24/h6-13,15-16,18H,4-5H2,1-3H3,(H,28,30,31). The number of imidazole rings is 1. The van der Waals surface area contributed by atoms with E-state index in [1.165, 1.54) is 18.4 Å². The minimum atomic E-state index is -0.338. The molecule has 1 aromatic carbocycles. The van der Waals surface area contributed by atoms with Crippen LogP contribution in [-0.4, -0.2) is 44.4 Å². The highest BCUT2D eigenvalue weighted by atomic mass is 16.2. The van der Waals surface area contributed by atoms with Crippen molar-refractivity contribution in [1.82, 2.24) is 24.4 Å². The number of nitrogens with zero attached hydrogens (tertiary/aromatic N) is 6. The van der Waals surface area contributed by atoms with Crippen LogP contribution in [0.3, 0.4) is 0 Å². The van der Waals surface area contributed by atoms with Gasteiger partial charge in [0.15, 0.2) is 0 Å². The zero-order valence-electron chi connectivity index (χ0n) is 19.4. The van der Waals surface area contributed by atoms with Gasteiger partial charge < -0.3 is 14.8 Å². The summed E-state index contributed by atoms with van der Waals surface area (Å²) in [5.41, 5.74) is 5.29. The van der Waals surface area contributed by atoms with E-state index in [0.717, 1.165) is 22.3 Å². The first-order valence-corrected chi connectivity index (χ1v) is 11.3. The predicted octanol–water partition coefficient (Wildman–Crippen LogP) is 4.64. The van der Waals surface area contributed by atoms with Crippen molar-refractivity contribution in [3.8, 4) is 17.3 Å². The minimum absolute atomic E-state index is 0.0203. The molecule has 0 bridgehead atoms. The number of benzene rings is 1. The van der Waals surface area contributed by atoms with Crippen molar-refractivity contribution in [2.24, 2.45) is 0 Å². The Morgan fingerprint density at radius 3 is 2.71 bits per heavy atom. The molecule has 0 spiro atoms. The maximum Gasteiger partial charge on any atom is 0.244 e. The Labute approximate surface area is 197 Å². The van der Waals surface area contributed by atoms with Gasteiger partial charge in [-0.3, -0.25) is 4.79 Å². The Hall–Kier alpha value is -4.25. The summed E-state index contributed by atoms with van der Waals surface area (Å²) in [4.78, 5) is 27.7. The van der Waals surface area contributed by atoms with Crippen LogP contribution in [0.5, 0.6) is 0 Å². The van der Waals surface area contributed by atoms with Gasteiger partial charge in [0.2, 0.25) is 5.91 Å². The number of hydrogen-bond acceptors (Lipinski definition) is 6. The van der Waals surface area contributed by atoms with Crippen LogP contribution in [0.15, 0.2) is 55.0 Å². The molecule has 1 amide bonds. The van der Waals surface area contributed by atoms with Crippen LogP contribution in [0.1, 0.15) is 42.9 Å². The lowest BCUT2D eigenvalue weighted by molar-refractivity contribution is -0.131. The number of pyridine rings is 2. The summed E-state index contributed by atoms with van der Waals surface area (Å²) in [5, 5.41) is 12.4. The second-order valence-corrected chi connectivity index (χ2v) is 8.88. The molecule has 4 aromatic rings. The molecule has 1 fully saturated rings. The highest BCUT2D eigenvalue weighted by Gasteiger charge is 2.25. The molecule has 1 unspecified atom stereocenters. The number of carbonyl (C=O) groups excluding carboxylic acids is 1. The summed E-state index contributed by atoms with van der Waals surface area (Å²) in [7, 11) is 3.51. The monoisotopic (exact) mass is 451 g/mol. The number of amides is 1.